The predicted molar refractivity (Wildman–Crippen MR) is 71.3 cm³/mol. The van der Waals surface area contributed by atoms with Crippen molar-refractivity contribution < 1.29 is 23.1 Å². The highest BCUT2D eigenvalue weighted by molar-refractivity contribution is 5.94. The van der Waals surface area contributed by atoms with Gasteiger partial charge < -0.3 is 20.7 Å². The first-order valence-electron chi connectivity index (χ1n) is 6.42. The van der Waals surface area contributed by atoms with Crippen LogP contribution < -0.4 is 20.7 Å². The number of urea groups is 1. The van der Waals surface area contributed by atoms with E-state index < -0.39 is 12.5 Å². The Morgan fingerprint density at radius 2 is 1.90 bits per heavy atom. The van der Waals surface area contributed by atoms with E-state index in [4.69, 9.17) is 0 Å². The molecule has 0 bridgehead atoms. The topological polar surface area (TPSA) is 79.5 Å². The fourth-order valence-corrected chi connectivity index (χ4v) is 1.55. The van der Waals surface area contributed by atoms with Crippen molar-refractivity contribution in [2.24, 2.45) is 0 Å². The van der Waals surface area contributed by atoms with E-state index in [9.17, 15) is 18.4 Å². The average Bonchev–Trinajstić information content (AvgIpc) is 3.22. The van der Waals surface area contributed by atoms with E-state index >= 15 is 0 Å². The Bertz CT molecular complexity index is 504. The van der Waals surface area contributed by atoms with Crippen molar-refractivity contribution in [3.8, 4) is 5.75 Å². The summed E-state index contributed by atoms with van der Waals surface area (Å²) in [6, 6.07) is 5.33. The lowest BCUT2D eigenvalue weighted by Gasteiger charge is -2.09. The number of hydrogen-bond acceptors (Lipinski definition) is 3. The normalized spacial score (nSPS) is 13.7. The van der Waals surface area contributed by atoms with Crippen molar-refractivity contribution in [3.05, 3.63) is 24.3 Å². The number of carbonyl (C=O) groups is 2. The molecule has 1 aliphatic rings. The molecule has 6 nitrogen and oxygen atoms in total. The summed E-state index contributed by atoms with van der Waals surface area (Å²) >= 11 is 0. The summed E-state index contributed by atoms with van der Waals surface area (Å²) in [6.45, 7) is -3.06. The number of ether oxygens (including phenoxy) is 1. The molecule has 0 heterocycles. The first kappa shape index (κ1) is 15.0. The molecule has 8 heteroatoms. The van der Waals surface area contributed by atoms with Crippen LogP contribution in [0.2, 0.25) is 0 Å². The Hall–Kier alpha value is -2.38. The average molecular weight is 299 g/mol. The number of nitrogens with one attached hydrogen (secondary N) is 3. The molecule has 1 aliphatic carbocycles. The Labute approximate surface area is 119 Å². The second-order valence-corrected chi connectivity index (χ2v) is 4.55. The Balaban J connectivity index is 1.72. The van der Waals surface area contributed by atoms with Gasteiger partial charge in [-0.1, -0.05) is 0 Å². The van der Waals surface area contributed by atoms with Crippen LogP contribution in [0, 0.1) is 0 Å². The summed E-state index contributed by atoms with van der Waals surface area (Å²) in [7, 11) is 0. The Morgan fingerprint density at radius 1 is 1.24 bits per heavy atom. The van der Waals surface area contributed by atoms with Crippen LogP contribution in [-0.2, 0) is 4.79 Å². The summed E-state index contributed by atoms with van der Waals surface area (Å²) in [5, 5.41) is 7.63. The summed E-state index contributed by atoms with van der Waals surface area (Å²) < 4.78 is 28.1. The second kappa shape index (κ2) is 6.87. The van der Waals surface area contributed by atoms with E-state index in [1.54, 1.807) is 0 Å². The van der Waals surface area contributed by atoms with E-state index in [2.05, 4.69) is 20.7 Å². The molecular weight excluding hydrogens is 284 g/mol. The lowest BCUT2D eigenvalue weighted by Crippen LogP contribution is -2.40. The number of carbonyl (C=O) groups excluding carboxylic acids is 2. The van der Waals surface area contributed by atoms with Crippen LogP contribution in [0.5, 0.6) is 5.75 Å². The van der Waals surface area contributed by atoms with Gasteiger partial charge in [-0.15, -0.1) is 0 Å². The summed E-state index contributed by atoms with van der Waals surface area (Å²) in [4.78, 5) is 22.9. The SMILES string of the molecule is O=C(CNC(=O)NC1CC1)Nc1ccc(OC(F)F)cc1. The molecule has 1 fully saturated rings. The van der Waals surface area contributed by atoms with E-state index in [0.29, 0.717) is 5.69 Å². The third-order valence-electron chi connectivity index (χ3n) is 2.69. The van der Waals surface area contributed by atoms with Crippen molar-refractivity contribution in [2.75, 3.05) is 11.9 Å². The lowest BCUT2D eigenvalue weighted by molar-refractivity contribution is -0.115. The van der Waals surface area contributed by atoms with Gasteiger partial charge in [-0.25, -0.2) is 4.79 Å². The predicted octanol–water partition coefficient (Wildman–Crippen LogP) is 1.69. The number of rotatable bonds is 6. The number of amides is 3. The number of anilines is 1. The highest BCUT2D eigenvalue weighted by Crippen LogP contribution is 2.18. The molecule has 0 unspecified atom stereocenters. The Morgan fingerprint density at radius 3 is 2.48 bits per heavy atom. The zero-order valence-electron chi connectivity index (χ0n) is 11.1. The molecule has 2 rings (SSSR count). The third kappa shape index (κ3) is 5.64. The quantitative estimate of drug-likeness (QED) is 0.748. The van der Waals surface area contributed by atoms with Gasteiger partial charge in [0, 0.05) is 11.7 Å². The van der Waals surface area contributed by atoms with Crippen molar-refractivity contribution in [3.63, 3.8) is 0 Å². The first-order chi connectivity index (χ1) is 10.0. The zero-order valence-corrected chi connectivity index (χ0v) is 11.1. The number of alkyl halides is 2. The van der Waals surface area contributed by atoms with Crippen molar-refractivity contribution in [1.29, 1.82) is 0 Å². The molecular formula is C13H15F2N3O3. The minimum absolute atomic E-state index is 0.00457. The van der Waals surface area contributed by atoms with Gasteiger partial charge >= 0.3 is 12.6 Å². The molecule has 1 aromatic rings. The van der Waals surface area contributed by atoms with Crippen molar-refractivity contribution in [1.82, 2.24) is 10.6 Å². The number of halogens is 2. The van der Waals surface area contributed by atoms with Crippen LogP contribution in [0.1, 0.15) is 12.8 Å². The van der Waals surface area contributed by atoms with Gasteiger partial charge in [0.05, 0.1) is 6.54 Å². The van der Waals surface area contributed by atoms with Gasteiger partial charge in [0.25, 0.3) is 0 Å². The van der Waals surface area contributed by atoms with Gasteiger partial charge in [0.2, 0.25) is 5.91 Å². The van der Waals surface area contributed by atoms with Crippen molar-refractivity contribution >= 4 is 17.6 Å². The summed E-state index contributed by atoms with van der Waals surface area (Å²) in [6.07, 6.45) is 1.93. The van der Waals surface area contributed by atoms with Gasteiger partial charge in [0.1, 0.15) is 5.75 Å². The van der Waals surface area contributed by atoms with Crippen LogP contribution in [0.4, 0.5) is 19.3 Å². The molecule has 0 aromatic heterocycles. The molecule has 3 amide bonds. The zero-order chi connectivity index (χ0) is 15.2. The molecule has 21 heavy (non-hydrogen) atoms. The fourth-order valence-electron chi connectivity index (χ4n) is 1.55. The van der Waals surface area contributed by atoms with Crippen LogP contribution in [0.3, 0.4) is 0 Å². The number of hydrogen-bond donors (Lipinski definition) is 3. The highest BCUT2D eigenvalue weighted by atomic mass is 19.3. The molecule has 0 spiro atoms. The van der Waals surface area contributed by atoms with Gasteiger partial charge in [0.15, 0.2) is 0 Å². The maximum absolute atomic E-state index is 12.0. The minimum Gasteiger partial charge on any atom is -0.435 e. The molecule has 1 aromatic carbocycles. The fraction of sp³-hybridized carbons (Fsp3) is 0.385. The van der Waals surface area contributed by atoms with E-state index in [1.807, 2.05) is 0 Å². The van der Waals surface area contributed by atoms with Crippen LogP contribution in [0.25, 0.3) is 0 Å². The number of benzene rings is 1. The van der Waals surface area contributed by atoms with Gasteiger partial charge in [-0.05, 0) is 37.1 Å². The van der Waals surface area contributed by atoms with Gasteiger partial charge in [-0.2, -0.15) is 8.78 Å². The molecule has 0 atom stereocenters. The van der Waals surface area contributed by atoms with Crippen molar-refractivity contribution in [2.45, 2.75) is 25.5 Å². The van der Waals surface area contributed by atoms with Gasteiger partial charge in [-0.3, -0.25) is 4.79 Å². The molecule has 0 aliphatic heterocycles. The van der Waals surface area contributed by atoms with E-state index in [1.165, 1.54) is 24.3 Å². The molecule has 3 N–H and O–H groups in total. The van der Waals surface area contributed by atoms with Crippen LogP contribution in [-0.4, -0.2) is 31.1 Å². The third-order valence-corrected chi connectivity index (χ3v) is 2.69. The van der Waals surface area contributed by atoms with E-state index in [0.717, 1.165) is 12.8 Å². The molecule has 0 saturated heterocycles. The monoisotopic (exact) mass is 299 g/mol. The van der Waals surface area contributed by atoms with E-state index in [-0.39, 0.29) is 24.4 Å². The molecule has 1 saturated carbocycles. The highest BCUT2D eigenvalue weighted by Gasteiger charge is 2.23. The first-order valence-corrected chi connectivity index (χ1v) is 6.42. The maximum atomic E-state index is 12.0. The summed E-state index contributed by atoms with van der Waals surface area (Å²) in [5.41, 5.74) is 0.422. The largest absolute Gasteiger partial charge is 0.435 e. The van der Waals surface area contributed by atoms with Crippen LogP contribution in [0.15, 0.2) is 24.3 Å². The smallest absolute Gasteiger partial charge is 0.387 e. The summed E-state index contributed by atoms with van der Waals surface area (Å²) in [5.74, 6) is -0.409. The minimum atomic E-state index is -2.89. The molecule has 114 valence electrons. The second-order valence-electron chi connectivity index (χ2n) is 4.55. The molecule has 0 radical (unpaired) electrons. The Kier molecular flexibility index (Phi) is 4.91. The van der Waals surface area contributed by atoms with Crippen LogP contribution >= 0.6 is 0 Å². The standard InChI is InChI=1S/C13H15F2N3O3/c14-12(15)21-10-5-3-8(4-6-10)17-11(19)7-16-13(20)18-9-1-2-9/h3-6,9,12H,1-2,7H2,(H,17,19)(H2,16,18,20). The maximum Gasteiger partial charge on any atom is 0.387 e. The lowest BCUT2D eigenvalue weighted by atomic mass is 10.3.